The molecule has 1 aromatic heterocycles. The Bertz CT molecular complexity index is 436. The summed E-state index contributed by atoms with van der Waals surface area (Å²) in [5, 5.41) is 8.96. The molecule has 0 saturated carbocycles. The van der Waals surface area contributed by atoms with Crippen molar-refractivity contribution in [2.45, 2.75) is 19.4 Å². The van der Waals surface area contributed by atoms with Gasteiger partial charge in [0.25, 0.3) is 0 Å². The van der Waals surface area contributed by atoms with Crippen LogP contribution in [0, 0.1) is 0 Å². The lowest BCUT2D eigenvalue weighted by atomic mass is 10.1. The van der Waals surface area contributed by atoms with Crippen LogP contribution in [0.1, 0.15) is 23.8 Å². The van der Waals surface area contributed by atoms with Crippen LogP contribution in [0.5, 0.6) is 0 Å². The second kappa shape index (κ2) is 5.35. The van der Waals surface area contributed by atoms with E-state index in [4.69, 9.17) is 5.11 Å². The maximum Gasteiger partial charge on any atom is 0.354 e. The van der Waals surface area contributed by atoms with Crippen molar-refractivity contribution in [1.82, 2.24) is 9.88 Å². The van der Waals surface area contributed by atoms with Crippen LogP contribution in [0.3, 0.4) is 0 Å². The zero-order valence-corrected chi connectivity index (χ0v) is 10.8. The van der Waals surface area contributed by atoms with Crippen molar-refractivity contribution in [1.29, 1.82) is 0 Å². The maximum absolute atomic E-state index is 10.9. The van der Waals surface area contributed by atoms with Crippen molar-refractivity contribution in [2.75, 3.05) is 31.6 Å². The monoisotopic (exact) mass is 249 g/mol. The number of rotatable bonds is 3. The van der Waals surface area contributed by atoms with E-state index in [2.05, 4.69) is 28.8 Å². The number of anilines is 1. The minimum Gasteiger partial charge on any atom is -0.477 e. The van der Waals surface area contributed by atoms with Gasteiger partial charge >= 0.3 is 5.97 Å². The van der Waals surface area contributed by atoms with Gasteiger partial charge < -0.3 is 10.0 Å². The molecule has 1 fully saturated rings. The maximum atomic E-state index is 10.9. The second-order valence-electron chi connectivity index (χ2n) is 4.67. The first kappa shape index (κ1) is 12.8. The Hall–Kier alpha value is -1.62. The number of hydrogen-bond donors (Lipinski definition) is 1. The molecule has 5 nitrogen and oxygen atoms in total. The van der Waals surface area contributed by atoms with E-state index in [1.54, 1.807) is 6.07 Å². The Kier molecular flexibility index (Phi) is 3.81. The van der Waals surface area contributed by atoms with E-state index in [1.165, 1.54) is 6.07 Å². The third-order valence-electron chi connectivity index (χ3n) is 3.53. The molecule has 0 bridgehead atoms. The van der Waals surface area contributed by atoms with Crippen molar-refractivity contribution in [3.05, 3.63) is 23.9 Å². The van der Waals surface area contributed by atoms with Gasteiger partial charge in [-0.1, -0.05) is 13.0 Å². The molecule has 1 aliphatic rings. The third kappa shape index (κ3) is 2.61. The number of carboxylic acid groups (broad SMARTS) is 1. The fourth-order valence-electron chi connectivity index (χ4n) is 2.31. The van der Waals surface area contributed by atoms with E-state index in [0.717, 1.165) is 31.9 Å². The Morgan fingerprint density at radius 2 is 2.28 bits per heavy atom. The summed E-state index contributed by atoms with van der Waals surface area (Å²) in [6.45, 7) is 4.95. The molecule has 2 rings (SSSR count). The number of likely N-dealkylation sites (N-methyl/N-ethyl adjacent to an activating group) is 1. The molecule has 1 atom stereocenters. The molecule has 5 heteroatoms. The molecule has 2 heterocycles. The number of nitrogens with zero attached hydrogens (tertiary/aromatic N) is 3. The van der Waals surface area contributed by atoms with Gasteiger partial charge in [0.2, 0.25) is 0 Å². The lowest BCUT2D eigenvalue weighted by molar-refractivity contribution is 0.0690. The predicted octanol–water partition coefficient (Wildman–Crippen LogP) is 1.31. The molecule has 1 unspecified atom stereocenters. The molecule has 0 spiro atoms. The summed E-state index contributed by atoms with van der Waals surface area (Å²) < 4.78 is 0. The number of pyridine rings is 1. The van der Waals surface area contributed by atoms with E-state index in [-0.39, 0.29) is 5.69 Å². The van der Waals surface area contributed by atoms with Crippen LogP contribution in [-0.4, -0.2) is 53.7 Å². The molecule has 0 amide bonds. The minimum absolute atomic E-state index is 0.111. The van der Waals surface area contributed by atoms with Gasteiger partial charge in [0.15, 0.2) is 5.69 Å². The summed E-state index contributed by atoms with van der Waals surface area (Å²) in [4.78, 5) is 19.6. The van der Waals surface area contributed by atoms with Gasteiger partial charge in [0, 0.05) is 25.7 Å². The molecular formula is C13H19N3O2. The van der Waals surface area contributed by atoms with Crippen LogP contribution in [0.4, 0.5) is 5.82 Å². The number of carboxylic acids is 1. The number of hydrogen-bond acceptors (Lipinski definition) is 4. The van der Waals surface area contributed by atoms with E-state index in [9.17, 15) is 4.79 Å². The Labute approximate surface area is 107 Å². The Morgan fingerprint density at radius 1 is 1.50 bits per heavy atom. The highest BCUT2D eigenvalue weighted by Gasteiger charge is 2.23. The van der Waals surface area contributed by atoms with Gasteiger partial charge in [-0.05, 0) is 25.6 Å². The SMILES string of the molecule is CCC1CN(c2cccc(C(=O)O)n2)CCN1C. The quantitative estimate of drug-likeness (QED) is 0.875. The highest BCUT2D eigenvalue weighted by atomic mass is 16.4. The first-order valence-electron chi connectivity index (χ1n) is 6.27. The van der Waals surface area contributed by atoms with Crippen LogP contribution in [-0.2, 0) is 0 Å². The smallest absolute Gasteiger partial charge is 0.354 e. The zero-order valence-electron chi connectivity index (χ0n) is 10.8. The van der Waals surface area contributed by atoms with E-state index >= 15 is 0 Å². The van der Waals surface area contributed by atoms with Crippen LogP contribution >= 0.6 is 0 Å². The molecule has 18 heavy (non-hydrogen) atoms. The van der Waals surface area contributed by atoms with Crippen LogP contribution in [0.2, 0.25) is 0 Å². The van der Waals surface area contributed by atoms with Crippen molar-refractivity contribution < 1.29 is 9.90 Å². The Morgan fingerprint density at radius 3 is 2.94 bits per heavy atom. The fourth-order valence-corrected chi connectivity index (χ4v) is 2.31. The lowest BCUT2D eigenvalue weighted by Gasteiger charge is -2.39. The number of piperazine rings is 1. The summed E-state index contributed by atoms with van der Waals surface area (Å²) in [6, 6.07) is 5.67. The molecule has 1 saturated heterocycles. The highest BCUT2D eigenvalue weighted by molar-refractivity contribution is 5.85. The molecule has 1 N–H and O–H groups in total. The lowest BCUT2D eigenvalue weighted by Crippen LogP contribution is -2.51. The van der Waals surface area contributed by atoms with Crippen molar-refractivity contribution in [2.24, 2.45) is 0 Å². The van der Waals surface area contributed by atoms with Crippen LogP contribution < -0.4 is 4.90 Å². The zero-order chi connectivity index (χ0) is 13.1. The van der Waals surface area contributed by atoms with Gasteiger partial charge in [0.1, 0.15) is 5.82 Å². The largest absolute Gasteiger partial charge is 0.477 e. The van der Waals surface area contributed by atoms with Gasteiger partial charge in [0.05, 0.1) is 0 Å². The number of aromatic carboxylic acids is 1. The second-order valence-corrected chi connectivity index (χ2v) is 4.67. The standard InChI is InChI=1S/C13H19N3O2/c1-3-10-9-16(8-7-15(10)2)12-6-4-5-11(14-12)13(17)18/h4-6,10H,3,7-9H2,1-2H3,(H,17,18). The van der Waals surface area contributed by atoms with Crippen molar-refractivity contribution >= 4 is 11.8 Å². The predicted molar refractivity (Wildman–Crippen MR) is 70.1 cm³/mol. The van der Waals surface area contributed by atoms with E-state index < -0.39 is 5.97 Å². The first-order chi connectivity index (χ1) is 8.61. The molecule has 1 aromatic rings. The molecule has 1 aliphatic heterocycles. The van der Waals surface area contributed by atoms with Crippen LogP contribution in [0.25, 0.3) is 0 Å². The molecule has 0 aliphatic carbocycles. The van der Waals surface area contributed by atoms with Crippen molar-refractivity contribution in [3.8, 4) is 0 Å². The average molecular weight is 249 g/mol. The van der Waals surface area contributed by atoms with Gasteiger partial charge in [-0.25, -0.2) is 9.78 Å². The van der Waals surface area contributed by atoms with E-state index in [1.807, 2.05) is 6.07 Å². The topological polar surface area (TPSA) is 56.7 Å². The molecule has 0 radical (unpaired) electrons. The number of carbonyl (C=O) groups is 1. The normalized spacial score (nSPS) is 21.0. The minimum atomic E-state index is -0.974. The van der Waals surface area contributed by atoms with Crippen molar-refractivity contribution in [3.63, 3.8) is 0 Å². The fraction of sp³-hybridized carbons (Fsp3) is 0.538. The number of aromatic nitrogens is 1. The third-order valence-corrected chi connectivity index (χ3v) is 3.53. The molecule has 0 aromatic carbocycles. The highest BCUT2D eigenvalue weighted by Crippen LogP contribution is 2.18. The summed E-state index contributed by atoms with van der Waals surface area (Å²) in [7, 11) is 2.13. The summed E-state index contributed by atoms with van der Waals surface area (Å²) in [5.41, 5.74) is 0.111. The molecular weight excluding hydrogens is 230 g/mol. The van der Waals surface area contributed by atoms with Gasteiger partial charge in [-0.15, -0.1) is 0 Å². The summed E-state index contributed by atoms with van der Waals surface area (Å²) in [5.74, 6) is -0.209. The van der Waals surface area contributed by atoms with Crippen LogP contribution in [0.15, 0.2) is 18.2 Å². The van der Waals surface area contributed by atoms with Gasteiger partial charge in [-0.3, -0.25) is 4.90 Å². The summed E-state index contributed by atoms with van der Waals surface area (Å²) in [6.07, 6.45) is 1.09. The summed E-state index contributed by atoms with van der Waals surface area (Å²) >= 11 is 0. The van der Waals surface area contributed by atoms with Gasteiger partial charge in [-0.2, -0.15) is 0 Å². The molecule has 98 valence electrons. The first-order valence-corrected chi connectivity index (χ1v) is 6.27. The van der Waals surface area contributed by atoms with E-state index in [0.29, 0.717) is 6.04 Å². The average Bonchev–Trinajstić information content (AvgIpc) is 2.39. The Balaban J connectivity index is 2.16.